The summed E-state index contributed by atoms with van der Waals surface area (Å²) in [6, 6.07) is 2.28. The Bertz CT molecular complexity index is 360. The van der Waals surface area contributed by atoms with Crippen LogP contribution in [-0.2, 0) is 0 Å². The zero-order valence-electron chi connectivity index (χ0n) is 7.55. The molecule has 84 valence electrons. The van der Waals surface area contributed by atoms with E-state index >= 15 is 0 Å². The highest BCUT2D eigenvalue weighted by molar-refractivity contribution is 9.11. The highest BCUT2D eigenvalue weighted by Crippen LogP contribution is 2.35. The van der Waals surface area contributed by atoms with Crippen LogP contribution in [0.15, 0.2) is 21.1 Å². The van der Waals surface area contributed by atoms with Gasteiger partial charge < -0.3 is 10.8 Å². The molecule has 1 rings (SSSR count). The molecule has 1 aromatic rings. The number of benzene rings is 1. The van der Waals surface area contributed by atoms with E-state index in [1.807, 2.05) is 0 Å². The molecule has 0 saturated heterocycles. The monoisotopic (exact) mass is 343 g/mol. The fourth-order valence-corrected chi connectivity index (χ4v) is 2.45. The Hall–Kier alpha value is -0.200. The number of hydrogen-bond acceptors (Lipinski definition) is 2. The Labute approximate surface area is 103 Å². The van der Waals surface area contributed by atoms with Crippen LogP contribution >= 0.6 is 31.9 Å². The van der Waals surface area contributed by atoms with Crippen molar-refractivity contribution in [3.8, 4) is 5.75 Å². The van der Waals surface area contributed by atoms with Crippen molar-refractivity contribution in [2.75, 3.05) is 0 Å². The number of phenols is 1. The fraction of sp³-hybridized carbons (Fsp3) is 0.333. The molecule has 0 aliphatic heterocycles. The van der Waals surface area contributed by atoms with Crippen molar-refractivity contribution >= 4 is 31.9 Å². The van der Waals surface area contributed by atoms with E-state index in [-0.39, 0.29) is 5.75 Å². The first-order valence-corrected chi connectivity index (χ1v) is 5.72. The molecular weight excluding hydrogens is 336 g/mol. The largest absolute Gasteiger partial charge is 0.506 e. The summed E-state index contributed by atoms with van der Waals surface area (Å²) >= 11 is 6.31. The molecule has 0 radical (unpaired) electrons. The third-order valence-electron chi connectivity index (χ3n) is 1.89. The summed E-state index contributed by atoms with van der Waals surface area (Å²) in [4.78, 5) is 0. The van der Waals surface area contributed by atoms with Crippen LogP contribution < -0.4 is 5.73 Å². The minimum absolute atomic E-state index is 0.0913. The number of nitrogens with two attached hydrogens (primary N) is 1. The number of rotatable bonds is 3. The smallest absolute Gasteiger partial charge is 0.240 e. The molecule has 0 fully saturated rings. The van der Waals surface area contributed by atoms with Gasteiger partial charge in [0.2, 0.25) is 6.43 Å². The molecule has 0 spiro atoms. The molecule has 2 nitrogen and oxygen atoms in total. The van der Waals surface area contributed by atoms with Gasteiger partial charge in [-0.2, -0.15) is 0 Å². The Balaban J connectivity index is 3.02. The van der Waals surface area contributed by atoms with E-state index in [1.54, 1.807) is 6.07 Å². The van der Waals surface area contributed by atoms with Gasteiger partial charge in [0.15, 0.2) is 0 Å². The molecule has 1 atom stereocenters. The molecule has 0 aromatic heterocycles. The van der Waals surface area contributed by atoms with Crippen LogP contribution in [0.1, 0.15) is 18.0 Å². The molecule has 0 amide bonds. The van der Waals surface area contributed by atoms with Gasteiger partial charge in [-0.15, -0.1) is 0 Å². The van der Waals surface area contributed by atoms with Crippen molar-refractivity contribution in [2.45, 2.75) is 18.9 Å². The van der Waals surface area contributed by atoms with Gasteiger partial charge in [-0.1, -0.05) is 15.9 Å². The van der Waals surface area contributed by atoms with Crippen molar-refractivity contribution in [3.05, 3.63) is 26.6 Å². The van der Waals surface area contributed by atoms with E-state index in [9.17, 15) is 13.9 Å². The summed E-state index contributed by atoms with van der Waals surface area (Å²) in [5.41, 5.74) is 5.86. The van der Waals surface area contributed by atoms with Gasteiger partial charge in [0.1, 0.15) is 5.75 Å². The van der Waals surface area contributed by atoms with E-state index in [0.29, 0.717) is 14.5 Å². The van der Waals surface area contributed by atoms with Crippen LogP contribution in [0.2, 0.25) is 0 Å². The molecular formula is C9H9Br2F2NO. The predicted octanol–water partition coefficient (Wildman–Crippen LogP) is 3.57. The lowest BCUT2D eigenvalue weighted by atomic mass is 10.0. The first-order valence-electron chi connectivity index (χ1n) is 4.13. The minimum Gasteiger partial charge on any atom is -0.506 e. The summed E-state index contributed by atoms with van der Waals surface area (Å²) in [5, 5.41) is 9.61. The lowest BCUT2D eigenvalue weighted by molar-refractivity contribution is 0.128. The van der Waals surface area contributed by atoms with Crippen molar-refractivity contribution < 1.29 is 13.9 Å². The maximum atomic E-state index is 12.1. The zero-order chi connectivity index (χ0) is 11.6. The van der Waals surface area contributed by atoms with Crippen LogP contribution in [0.4, 0.5) is 8.78 Å². The van der Waals surface area contributed by atoms with E-state index < -0.39 is 18.9 Å². The second-order valence-corrected chi connectivity index (χ2v) is 4.83. The van der Waals surface area contributed by atoms with E-state index in [2.05, 4.69) is 31.9 Å². The number of hydrogen-bond donors (Lipinski definition) is 2. The van der Waals surface area contributed by atoms with E-state index in [0.717, 1.165) is 0 Å². The number of alkyl halides is 2. The zero-order valence-corrected chi connectivity index (χ0v) is 10.7. The molecule has 0 heterocycles. The van der Waals surface area contributed by atoms with Crippen LogP contribution in [0.3, 0.4) is 0 Å². The topological polar surface area (TPSA) is 46.2 Å². The number of aromatic hydroxyl groups is 1. The molecule has 0 unspecified atom stereocenters. The fourth-order valence-electron chi connectivity index (χ4n) is 1.19. The third kappa shape index (κ3) is 3.39. The van der Waals surface area contributed by atoms with Crippen molar-refractivity contribution in [1.82, 2.24) is 0 Å². The highest BCUT2D eigenvalue weighted by atomic mass is 79.9. The average molecular weight is 345 g/mol. The Kier molecular flexibility index (Phi) is 4.48. The van der Waals surface area contributed by atoms with Crippen molar-refractivity contribution in [3.63, 3.8) is 0 Å². The SMILES string of the molecule is N[C@H](CC(F)F)c1cc(Br)cc(Br)c1O. The molecule has 0 saturated carbocycles. The van der Waals surface area contributed by atoms with Crippen LogP contribution in [0, 0.1) is 0 Å². The molecule has 0 aliphatic rings. The van der Waals surface area contributed by atoms with Gasteiger partial charge >= 0.3 is 0 Å². The molecule has 15 heavy (non-hydrogen) atoms. The van der Waals surface area contributed by atoms with Crippen LogP contribution in [0.5, 0.6) is 5.75 Å². The van der Waals surface area contributed by atoms with Gasteiger partial charge in [0, 0.05) is 22.5 Å². The van der Waals surface area contributed by atoms with Gasteiger partial charge in [-0.05, 0) is 28.1 Å². The second-order valence-electron chi connectivity index (χ2n) is 3.06. The van der Waals surface area contributed by atoms with Gasteiger partial charge in [-0.25, -0.2) is 8.78 Å². The average Bonchev–Trinajstić information content (AvgIpc) is 2.09. The molecule has 6 heteroatoms. The lowest BCUT2D eigenvalue weighted by Gasteiger charge is -2.14. The summed E-state index contributed by atoms with van der Waals surface area (Å²) < 4.78 is 25.3. The Morgan fingerprint density at radius 3 is 2.47 bits per heavy atom. The maximum absolute atomic E-state index is 12.1. The summed E-state index contributed by atoms with van der Waals surface area (Å²) in [6.07, 6.45) is -2.96. The Morgan fingerprint density at radius 2 is 1.93 bits per heavy atom. The quantitative estimate of drug-likeness (QED) is 0.880. The number of halogens is 4. The molecule has 0 aliphatic carbocycles. The lowest BCUT2D eigenvalue weighted by Crippen LogP contribution is -2.14. The summed E-state index contributed by atoms with van der Waals surface area (Å²) in [7, 11) is 0. The first-order chi connectivity index (χ1) is 6.91. The normalized spacial score (nSPS) is 13.2. The standard InChI is InChI=1S/C9H9Br2F2NO/c10-4-1-5(7(14)3-8(12)13)9(15)6(11)2-4/h1-2,7-8,15H,3,14H2/t7-/m1/s1. The van der Waals surface area contributed by atoms with Crippen LogP contribution in [-0.4, -0.2) is 11.5 Å². The van der Waals surface area contributed by atoms with Gasteiger partial charge in [0.25, 0.3) is 0 Å². The molecule has 1 aromatic carbocycles. The summed E-state index contributed by atoms with van der Waals surface area (Å²) in [5.74, 6) is -0.0913. The maximum Gasteiger partial charge on any atom is 0.240 e. The predicted molar refractivity (Wildman–Crippen MR) is 61.1 cm³/mol. The van der Waals surface area contributed by atoms with E-state index in [4.69, 9.17) is 5.73 Å². The third-order valence-corrected chi connectivity index (χ3v) is 2.95. The second kappa shape index (κ2) is 5.23. The number of phenolic OH excluding ortho intramolecular Hbond substituents is 1. The van der Waals surface area contributed by atoms with Gasteiger partial charge in [-0.3, -0.25) is 0 Å². The van der Waals surface area contributed by atoms with Crippen molar-refractivity contribution in [1.29, 1.82) is 0 Å². The van der Waals surface area contributed by atoms with Gasteiger partial charge in [0.05, 0.1) is 4.47 Å². The highest BCUT2D eigenvalue weighted by Gasteiger charge is 2.18. The first kappa shape index (κ1) is 12.9. The summed E-state index contributed by atoms with van der Waals surface area (Å²) in [6.45, 7) is 0. The minimum atomic E-state index is -2.49. The molecule has 0 bridgehead atoms. The molecule has 3 N–H and O–H groups in total. The van der Waals surface area contributed by atoms with Crippen molar-refractivity contribution in [2.24, 2.45) is 5.73 Å². The van der Waals surface area contributed by atoms with Crippen LogP contribution in [0.25, 0.3) is 0 Å². The Morgan fingerprint density at radius 1 is 1.33 bits per heavy atom. The van der Waals surface area contributed by atoms with E-state index in [1.165, 1.54) is 6.07 Å².